The van der Waals surface area contributed by atoms with Crippen molar-refractivity contribution in [3.8, 4) is 0 Å². The Bertz CT molecular complexity index is 912. The molecule has 0 aromatic heterocycles. The highest BCUT2D eigenvalue weighted by Gasteiger charge is 2.61. The molecule has 4 aliphatic rings. The second-order valence-corrected chi connectivity index (χ2v) is 13.6. The first kappa shape index (κ1) is 24.3. The largest absolute Gasteiger partial charge is 0.299 e. The molecule has 0 amide bonds. The Balaban J connectivity index is 1.48. The van der Waals surface area contributed by atoms with E-state index in [4.69, 9.17) is 0 Å². The van der Waals surface area contributed by atoms with Crippen molar-refractivity contribution in [3.63, 3.8) is 0 Å². The molecule has 0 aliphatic heterocycles. The van der Waals surface area contributed by atoms with Gasteiger partial charge < -0.3 is 0 Å². The Kier molecular flexibility index (Phi) is 6.62. The highest BCUT2D eigenvalue weighted by Crippen LogP contribution is 2.69. The van der Waals surface area contributed by atoms with Gasteiger partial charge in [0.2, 0.25) is 0 Å². The van der Waals surface area contributed by atoms with Crippen LogP contribution in [0.25, 0.3) is 0 Å². The second-order valence-electron chi connectivity index (χ2n) is 13.6. The van der Waals surface area contributed by atoms with E-state index in [0.29, 0.717) is 23.5 Å². The fourth-order valence-electron chi connectivity index (χ4n) is 9.52. The molecule has 0 radical (unpaired) electrons. The number of benzene rings is 1. The molecule has 34 heavy (non-hydrogen) atoms. The first-order valence-electron chi connectivity index (χ1n) is 14.5. The lowest BCUT2D eigenvalue weighted by molar-refractivity contribution is -0.122. The minimum Gasteiger partial charge on any atom is -0.299 e. The van der Waals surface area contributed by atoms with E-state index in [0.717, 1.165) is 48.3 Å². The van der Waals surface area contributed by atoms with Crippen LogP contribution in [0.3, 0.4) is 0 Å². The summed E-state index contributed by atoms with van der Waals surface area (Å²) in [7, 11) is 0. The third-order valence-electron chi connectivity index (χ3n) is 11.4. The van der Waals surface area contributed by atoms with E-state index in [9.17, 15) is 4.79 Å². The minimum atomic E-state index is 0.242. The van der Waals surface area contributed by atoms with Gasteiger partial charge in [0.25, 0.3) is 0 Å². The summed E-state index contributed by atoms with van der Waals surface area (Å²) in [5, 5.41) is 0. The van der Waals surface area contributed by atoms with Crippen LogP contribution in [0.1, 0.15) is 110 Å². The van der Waals surface area contributed by atoms with Crippen molar-refractivity contribution in [2.45, 2.75) is 105 Å². The van der Waals surface area contributed by atoms with Crippen LogP contribution >= 0.6 is 0 Å². The Hall–Kier alpha value is -1.37. The van der Waals surface area contributed by atoms with Gasteiger partial charge >= 0.3 is 0 Å². The van der Waals surface area contributed by atoms with Gasteiger partial charge in [-0.3, -0.25) is 4.79 Å². The Morgan fingerprint density at radius 2 is 1.71 bits per heavy atom. The molecular weight excluding hydrogens is 412 g/mol. The number of rotatable bonds is 6. The van der Waals surface area contributed by atoms with Crippen LogP contribution in [-0.2, 0) is 4.79 Å². The van der Waals surface area contributed by atoms with Gasteiger partial charge in [-0.15, -0.1) is 0 Å². The summed E-state index contributed by atoms with van der Waals surface area (Å²) in [4.78, 5) is 12.5. The van der Waals surface area contributed by atoms with Crippen molar-refractivity contribution in [3.05, 3.63) is 47.5 Å². The van der Waals surface area contributed by atoms with Crippen molar-refractivity contribution in [2.75, 3.05) is 0 Å². The van der Waals surface area contributed by atoms with Gasteiger partial charge in [0, 0.05) is 18.8 Å². The maximum Gasteiger partial charge on any atom is 0.136 e. The van der Waals surface area contributed by atoms with Crippen LogP contribution in [-0.4, -0.2) is 5.78 Å². The van der Waals surface area contributed by atoms with Gasteiger partial charge in [-0.05, 0) is 84.0 Å². The standard InChI is InChI=1S/C33H48O/c1-22(2)10-9-11-23(3)28-14-15-29-31-27(24-12-7-6-8-13-24)21-25-20-26(34)16-18-32(25,4)30(31)17-19-33(28,29)5/h6-8,12-13,21-23,27-31H,9-11,14-20H2,1-5H3/t23-,27-,28-,29+,30+,31+,32+,33-/m1/s1. The van der Waals surface area contributed by atoms with E-state index in [1.807, 2.05) is 0 Å². The Morgan fingerprint density at radius 1 is 0.941 bits per heavy atom. The summed E-state index contributed by atoms with van der Waals surface area (Å²) in [5.74, 6) is 5.79. The third-order valence-corrected chi connectivity index (χ3v) is 11.4. The number of carbonyl (C=O) groups excluding carboxylic acids is 1. The molecule has 0 heterocycles. The van der Waals surface area contributed by atoms with Crippen LogP contribution < -0.4 is 0 Å². The van der Waals surface area contributed by atoms with E-state index in [-0.39, 0.29) is 5.41 Å². The zero-order chi connectivity index (χ0) is 24.1. The predicted molar refractivity (Wildman–Crippen MR) is 143 cm³/mol. The molecular formula is C33H48O. The number of ketones is 1. The molecule has 0 bridgehead atoms. The molecule has 5 rings (SSSR count). The van der Waals surface area contributed by atoms with Gasteiger partial charge in [-0.2, -0.15) is 0 Å². The molecule has 3 saturated carbocycles. The molecule has 1 heteroatoms. The zero-order valence-electron chi connectivity index (χ0n) is 22.5. The number of hydrogen-bond acceptors (Lipinski definition) is 1. The summed E-state index contributed by atoms with van der Waals surface area (Å²) >= 11 is 0. The van der Waals surface area contributed by atoms with Crippen LogP contribution in [0.5, 0.6) is 0 Å². The van der Waals surface area contributed by atoms with E-state index in [1.54, 1.807) is 0 Å². The molecule has 0 N–H and O–H groups in total. The number of hydrogen-bond donors (Lipinski definition) is 0. The summed E-state index contributed by atoms with van der Waals surface area (Å²) in [6.45, 7) is 12.5. The van der Waals surface area contributed by atoms with Crippen LogP contribution in [0.15, 0.2) is 42.0 Å². The lowest BCUT2D eigenvalue weighted by atomic mass is 9.44. The number of fused-ring (bicyclic) bond motifs is 5. The van der Waals surface area contributed by atoms with Crippen molar-refractivity contribution >= 4 is 5.78 Å². The molecule has 1 nitrogen and oxygen atoms in total. The predicted octanol–water partition coefficient (Wildman–Crippen LogP) is 8.99. The van der Waals surface area contributed by atoms with Crippen molar-refractivity contribution in [1.82, 2.24) is 0 Å². The van der Waals surface area contributed by atoms with Gasteiger partial charge in [-0.1, -0.05) is 95.9 Å². The lowest BCUT2D eigenvalue weighted by Gasteiger charge is -2.60. The maximum atomic E-state index is 12.5. The van der Waals surface area contributed by atoms with Gasteiger partial charge in [0.05, 0.1) is 0 Å². The molecule has 8 atom stereocenters. The van der Waals surface area contributed by atoms with Crippen molar-refractivity contribution in [2.24, 2.45) is 46.3 Å². The fraction of sp³-hybridized carbons (Fsp3) is 0.727. The summed E-state index contributed by atoms with van der Waals surface area (Å²) in [6.07, 6.45) is 15.0. The molecule has 0 spiro atoms. The van der Waals surface area contributed by atoms with Gasteiger partial charge in [0.15, 0.2) is 0 Å². The fourth-order valence-corrected chi connectivity index (χ4v) is 9.52. The number of carbonyl (C=O) groups is 1. The number of allylic oxidation sites excluding steroid dienone is 2. The summed E-state index contributed by atoms with van der Waals surface area (Å²) in [5.41, 5.74) is 3.70. The van der Waals surface area contributed by atoms with E-state index in [2.05, 4.69) is 71.0 Å². The lowest BCUT2D eigenvalue weighted by Crippen LogP contribution is -2.52. The molecule has 0 saturated heterocycles. The smallest absolute Gasteiger partial charge is 0.136 e. The van der Waals surface area contributed by atoms with E-state index < -0.39 is 0 Å². The molecule has 186 valence electrons. The third kappa shape index (κ3) is 4.04. The first-order chi connectivity index (χ1) is 16.2. The SMILES string of the molecule is CC(C)CCC[C@@H](C)[C@H]1CC[C@H]2[C@@H]3[C@@H](c4ccccc4)C=C4CC(=O)CC[C@]4(C)[C@H]3CC[C@]12C. The average Bonchev–Trinajstić information content (AvgIpc) is 3.17. The van der Waals surface area contributed by atoms with Gasteiger partial charge in [0.1, 0.15) is 5.78 Å². The summed E-state index contributed by atoms with van der Waals surface area (Å²) < 4.78 is 0. The van der Waals surface area contributed by atoms with Gasteiger partial charge in [-0.25, -0.2) is 0 Å². The maximum absolute atomic E-state index is 12.5. The highest BCUT2D eigenvalue weighted by atomic mass is 16.1. The van der Waals surface area contributed by atoms with Crippen molar-refractivity contribution < 1.29 is 4.79 Å². The zero-order valence-corrected chi connectivity index (χ0v) is 22.5. The van der Waals surface area contributed by atoms with Crippen LogP contribution in [0.2, 0.25) is 0 Å². The molecule has 3 fully saturated rings. The molecule has 1 aromatic carbocycles. The van der Waals surface area contributed by atoms with E-state index >= 15 is 0 Å². The first-order valence-corrected chi connectivity index (χ1v) is 14.5. The van der Waals surface area contributed by atoms with Crippen molar-refractivity contribution in [1.29, 1.82) is 0 Å². The molecule has 0 unspecified atom stereocenters. The second kappa shape index (κ2) is 9.25. The molecule has 4 aliphatic carbocycles. The number of Topliss-reactive ketones (excluding diaryl/α,β-unsaturated/α-hetero) is 1. The Labute approximate surface area is 209 Å². The Morgan fingerprint density at radius 3 is 2.44 bits per heavy atom. The average molecular weight is 461 g/mol. The quantitative estimate of drug-likeness (QED) is 0.387. The van der Waals surface area contributed by atoms with Crippen LogP contribution in [0, 0.1) is 46.3 Å². The topological polar surface area (TPSA) is 17.1 Å². The highest BCUT2D eigenvalue weighted by molar-refractivity contribution is 5.82. The van der Waals surface area contributed by atoms with Crippen LogP contribution in [0.4, 0.5) is 0 Å². The minimum absolute atomic E-state index is 0.242. The molecule has 1 aromatic rings. The monoisotopic (exact) mass is 460 g/mol. The normalized spacial score (nSPS) is 40.4. The van der Waals surface area contributed by atoms with E-state index in [1.165, 1.54) is 56.1 Å². The summed E-state index contributed by atoms with van der Waals surface area (Å²) in [6, 6.07) is 11.3.